The maximum atomic E-state index is 14.9. The van der Waals surface area contributed by atoms with Crippen LogP contribution in [-0.4, -0.2) is 35.2 Å². The zero-order chi connectivity index (χ0) is 25.0. The van der Waals surface area contributed by atoms with E-state index in [0.29, 0.717) is 29.2 Å². The lowest BCUT2D eigenvalue weighted by Gasteiger charge is -2.14. The second-order valence-corrected chi connectivity index (χ2v) is 10.1. The summed E-state index contributed by atoms with van der Waals surface area (Å²) in [5, 5.41) is 11.6. The number of anilines is 1. The van der Waals surface area contributed by atoms with Crippen molar-refractivity contribution in [2.45, 2.75) is 64.3 Å². The van der Waals surface area contributed by atoms with E-state index in [1.807, 2.05) is 23.8 Å². The first-order chi connectivity index (χ1) is 17.4. The summed E-state index contributed by atoms with van der Waals surface area (Å²) in [5.74, 6) is 1.78. The Morgan fingerprint density at radius 1 is 1.11 bits per heavy atom. The Bertz CT molecular complexity index is 1460. The molecule has 1 amide bonds. The third-order valence-electron chi connectivity index (χ3n) is 6.81. The molecule has 0 unspecified atom stereocenters. The molecule has 1 aromatic carbocycles. The van der Waals surface area contributed by atoms with E-state index < -0.39 is 11.7 Å². The van der Waals surface area contributed by atoms with E-state index in [4.69, 9.17) is 0 Å². The van der Waals surface area contributed by atoms with Crippen molar-refractivity contribution in [2.75, 3.05) is 5.32 Å². The number of carbonyl (C=O) groups excluding carboxylic acids is 1. The standard InChI is InChI=1S/C27H28FN7O/c1-15(2)35-25(18-9-10-18)32-33-26(35)21-5-4-6-24(30-21)31-27(36)19-12-23(16(3)11-20(19)28)34-13-22(29-14-34)17-7-8-17/h4-6,11-15,17-18H,7-10H2,1-3H3,(H,30,31,36). The molecule has 9 heteroatoms. The fourth-order valence-corrected chi connectivity index (χ4v) is 4.59. The van der Waals surface area contributed by atoms with Crippen molar-refractivity contribution in [1.82, 2.24) is 29.3 Å². The van der Waals surface area contributed by atoms with Gasteiger partial charge in [0.05, 0.1) is 23.3 Å². The Labute approximate surface area is 208 Å². The molecule has 184 valence electrons. The number of rotatable bonds is 7. The van der Waals surface area contributed by atoms with Gasteiger partial charge in [0.1, 0.15) is 23.2 Å². The highest BCUT2D eigenvalue weighted by molar-refractivity contribution is 6.04. The number of pyridine rings is 1. The van der Waals surface area contributed by atoms with E-state index in [-0.39, 0.29) is 11.6 Å². The van der Waals surface area contributed by atoms with Crippen molar-refractivity contribution in [3.05, 3.63) is 71.3 Å². The normalized spacial score (nSPS) is 15.5. The van der Waals surface area contributed by atoms with E-state index in [1.54, 1.807) is 24.5 Å². The zero-order valence-electron chi connectivity index (χ0n) is 20.6. The molecule has 0 spiro atoms. The minimum absolute atomic E-state index is 0.0501. The second-order valence-electron chi connectivity index (χ2n) is 10.1. The van der Waals surface area contributed by atoms with Crippen LogP contribution in [0.25, 0.3) is 17.2 Å². The molecule has 1 N–H and O–H groups in total. The topological polar surface area (TPSA) is 90.5 Å². The molecule has 8 nitrogen and oxygen atoms in total. The maximum Gasteiger partial charge on any atom is 0.259 e. The first kappa shape index (κ1) is 22.6. The molecule has 2 aliphatic rings. The van der Waals surface area contributed by atoms with E-state index in [9.17, 15) is 9.18 Å². The number of hydrogen-bond donors (Lipinski definition) is 1. The molecule has 3 aromatic heterocycles. The summed E-state index contributed by atoms with van der Waals surface area (Å²) in [6.07, 6.45) is 8.23. The van der Waals surface area contributed by atoms with Crippen LogP contribution in [0.4, 0.5) is 10.2 Å². The number of imidazole rings is 1. The number of halogens is 1. The van der Waals surface area contributed by atoms with Crippen LogP contribution >= 0.6 is 0 Å². The quantitative estimate of drug-likeness (QED) is 0.370. The average molecular weight is 486 g/mol. The van der Waals surface area contributed by atoms with Gasteiger partial charge in [-0.1, -0.05) is 6.07 Å². The number of aromatic nitrogens is 6. The zero-order valence-corrected chi connectivity index (χ0v) is 20.6. The number of hydrogen-bond acceptors (Lipinski definition) is 5. The van der Waals surface area contributed by atoms with Crippen molar-refractivity contribution < 1.29 is 9.18 Å². The highest BCUT2D eigenvalue weighted by atomic mass is 19.1. The molecule has 2 aliphatic carbocycles. The SMILES string of the molecule is Cc1cc(F)c(C(=O)Nc2cccc(-c3nnc(C4CC4)n3C(C)C)n2)cc1-n1cnc(C2CC2)c1. The Kier molecular flexibility index (Phi) is 5.43. The first-order valence-electron chi connectivity index (χ1n) is 12.5. The number of aryl methyl sites for hydroxylation is 1. The van der Waals surface area contributed by atoms with Crippen LogP contribution < -0.4 is 5.32 Å². The molecule has 0 atom stereocenters. The lowest BCUT2D eigenvalue weighted by Crippen LogP contribution is -2.16. The Morgan fingerprint density at radius 3 is 2.61 bits per heavy atom. The minimum Gasteiger partial charge on any atom is -0.307 e. The van der Waals surface area contributed by atoms with E-state index in [0.717, 1.165) is 48.5 Å². The third-order valence-corrected chi connectivity index (χ3v) is 6.81. The molecule has 36 heavy (non-hydrogen) atoms. The van der Waals surface area contributed by atoms with Gasteiger partial charge in [-0.15, -0.1) is 10.2 Å². The van der Waals surface area contributed by atoms with E-state index >= 15 is 0 Å². The molecule has 3 heterocycles. The van der Waals surface area contributed by atoms with Gasteiger partial charge in [-0.2, -0.15) is 0 Å². The lowest BCUT2D eigenvalue weighted by atomic mass is 10.1. The van der Waals surface area contributed by atoms with Gasteiger partial charge < -0.3 is 14.5 Å². The van der Waals surface area contributed by atoms with Crippen molar-refractivity contribution in [3.8, 4) is 17.2 Å². The number of nitrogens with one attached hydrogen (secondary N) is 1. The first-order valence-corrected chi connectivity index (χ1v) is 12.5. The fraction of sp³-hybridized carbons (Fsp3) is 0.370. The van der Waals surface area contributed by atoms with Gasteiger partial charge in [0, 0.05) is 24.1 Å². The predicted octanol–water partition coefficient (Wildman–Crippen LogP) is 5.56. The summed E-state index contributed by atoms with van der Waals surface area (Å²) in [6.45, 7) is 6.01. The molecule has 2 fully saturated rings. The lowest BCUT2D eigenvalue weighted by molar-refractivity contribution is 0.102. The summed E-state index contributed by atoms with van der Waals surface area (Å²) in [5.41, 5.74) is 3.04. The predicted molar refractivity (Wildman–Crippen MR) is 134 cm³/mol. The fourth-order valence-electron chi connectivity index (χ4n) is 4.59. The molecule has 4 aromatic rings. The summed E-state index contributed by atoms with van der Waals surface area (Å²) in [4.78, 5) is 22.2. The number of carbonyl (C=O) groups is 1. The van der Waals surface area contributed by atoms with Crippen molar-refractivity contribution in [2.24, 2.45) is 0 Å². The van der Waals surface area contributed by atoms with Crippen LogP contribution in [0, 0.1) is 12.7 Å². The van der Waals surface area contributed by atoms with Gasteiger partial charge in [-0.3, -0.25) is 4.79 Å². The molecule has 2 saturated carbocycles. The molecule has 0 saturated heterocycles. The van der Waals surface area contributed by atoms with Crippen molar-refractivity contribution >= 4 is 11.7 Å². The van der Waals surface area contributed by atoms with Gasteiger partial charge in [-0.25, -0.2) is 14.4 Å². The molecule has 6 rings (SSSR count). The maximum absolute atomic E-state index is 14.9. The largest absolute Gasteiger partial charge is 0.307 e. The highest BCUT2D eigenvalue weighted by Crippen LogP contribution is 2.41. The monoisotopic (exact) mass is 485 g/mol. The Hall–Kier alpha value is -3.88. The molecular weight excluding hydrogens is 457 g/mol. The third kappa shape index (κ3) is 4.19. The molecular formula is C27H28FN7O. The van der Waals surface area contributed by atoms with Crippen LogP contribution in [0.15, 0.2) is 42.9 Å². The van der Waals surface area contributed by atoms with Crippen molar-refractivity contribution in [3.63, 3.8) is 0 Å². The Balaban J connectivity index is 1.28. The Morgan fingerprint density at radius 2 is 1.89 bits per heavy atom. The average Bonchev–Trinajstić information content (AvgIpc) is 3.78. The summed E-state index contributed by atoms with van der Waals surface area (Å²) < 4.78 is 18.9. The summed E-state index contributed by atoms with van der Waals surface area (Å²) >= 11 is 0. The smallest absolute Gasteiger partial charge is 0.259 e. The van der Waals surface area contributed by atoms with Gasteiger partial charge in [-0.05, 0) is 76.3 Å². The van der Waals surface area contributed by atoms with Gasteiger partial charge in [0.2, 0.25) is 0 Å². The molecule has 0 aliphatic heterocycles. The number of nitrogens with zero attached hydrogens (tertiary/aromatic N) is 6. The number of benzene rings is 1. The minimum atomic E-state index is -0.582. The molecule has 0 radical (unpaired) electrons. The van der Waals surface area contributed by atoms with E-state index in [1.165, 1.54) is 6.07 Å². The molecule has 0 bridgehead atoms. The van der Waals surface area contributed by atoms with Crippen LogP contribution in [0.5, 0.6) is 0 Å². The van der Waals surface area contributed by atoms with Crippen molar-refractivity contribution in [1.29, 1.82) is 0 Å². The van der Waals surface area contributed by atoms with Crippen LogP contribution in [0.1, 0.15) is 84.8 Å². The second kappa shape index (κ2) is 8.65. The summed E-state index contributed by atoms with van der Waals surface area (Å²) in [6, 6.07) is 8.46. The van der Waals surface area contributed by atoms with Gasteiger partial charge in [0.15, 0.2) is 5.82 Å². The number of amides is 1. The van der Waals surface area contributed by atoms with Crippen LogP contribution in [0.2, 0.25) is 0 Å². The highest BCUT2D eigenvalue weighted by Gasteiger charge is 2.32. The van der Waals surface area contributed by atoms with E-state index in [2.05, 4.69) is 43.9 Å². The van der Waals surface area contributed by atoms with Crippen LogP contribution in [0.3, 0.4) is 0 Å². The summed E-state index contributed by atoms with van der Waals surface area (Å²) in [7, 11) is 0. The van der Waals surface area contributed by atoms with Gasteiger partial charge >= 0.3 is 0 Å². The van der Waals surface area contributed by atoms with Crippen LogP contribution in [-0.2, 0) is 0 Å². The van der Waals surface area contributed by atoms with Gasteiger partial charge in [0.25, 0.3) is 5.91 Å².